The van der Waals surface area contributed by atoms with Crippen molar-refractivity contribution in [2.75, 3.05) is 0 Å². The second-order valence-electron chi connectivity index (χ2n) is 4.01. The number of hydrazone groups is 1. The number of pyridine rings is 1. The Labute approximate surface area is 112 Å². The summed E-state index contributed by atoms with van der Waals surface area (Å²) in [6, 6.07) is 13.5. The van der Waals surface area contributed by atoms with Crippen molar-refractivity contribution in [2.45, 2.75) is 12.8 Å². The third kappa shape index (κ3) is 4.35. The molecule has 2 rings (SSSR count). The third-order valence-electron chi connectivity index (χ3n) is 2.60. The fourth-order valence-corrected chi connectivity index (χ4v) is 1.61. The van der Waals surface area contributed by atoms with Crippen LogP contribution in [0.5, 0.6) is 0 Å². The normalized spacial score (nSPS) is 10.5. The standard InChI is InChI=1S/C15H15N3O/c19-15(14-8-11-16-12-9-14)18-17-10-4-7-13-5-2-1-3-6-13/h1-3,5-6,8-12H,4,7H2,(H,18,19). The van der Waals surface area contributed by atoms with Crippen LogP contribution in [0.25, 0.3) is 0 Å². The molecule has 96 valence electrons. The molecule has 0 aliphatic carbocycles. The highest BCUT2D eigenvalue weighted by Crippen LogP contribution is 2.00. The molecule has 2 aromatic rings. The van der Waals surface area contributed by atoms with E-state index in [-0.39, 0.29) is 5.91 Å². The van der Waals surface area contributed by atoms with E-state index in [0.717, 1.165) is 12.8 Å². The molecule has 1 N–H and O–H groups in total. The topological polar surface area (TPSA) is 54.4 Å². The maximum Gasteiger partial charge on any atom is 0.271 e. The molecule has 1 amide bonds. The minimum Gasteiger partial charge on any atom is -0.267 e. The molecule has 0 spiro atoms. The average Bonchev–Trinajstić information content (AvgIpc) is 2.49. The van der Waals surface area contributed by atoms with Gasteiger partial charge >= 0.3 is 0 Å². The number of carbonyl (C=O) groups excluding carboxylic acids is 1. The van der Waals surface area contributed by atoms with Crippen molar-refractivity contribution < 1.29 is 4.79 Å². The van der Waals surface area contributed by atoms with E-state index in [1.807, 2.05) is 18.2 Å². The highest BCUT2D eigenvalue weighted by atomic mass is 16.2. The first kappa shape index (κ1) is 13.0. The van der Waals surface area contributed by atoms with Crippen molar-refractivity contribution in [3.8, 4) is 0 Å². The average molecular weight is 253 g/mol. The van der Waals surface area contributed by atoms with Crippen LogP contribution < -0.4 is 5.43 Å². The fraction of sp³-hybridized carbons (Fsp3) is 0.133. The van der Waals surface area contributed by atoms with E-state index in [2.05, 4.69) is 27.6 Å². The van der Waals surface area contributed by atoms with E-state index >= 15 is 0 Å². The molecule has 0 saturated carbocycles. The van der Waals surface area contributed by atoms with Crippen molar-refractivity contribution in [1.29, 1.82) is 0 Å². The van der Waals surface area contributed by atoms with Crippen LogP contribution in [0.4, 0.5) is 0 Å². The van der Waals surface area contributed by atoms with Crippen LogP contribution in [0.1, 0.15) is 22.3 Å². The molecule has 0 radical (unpaired) electrons. The number of aromatic nitrogens is 1. The molecular formula is C15H15N3O. The Morgan fingerprint density at radius 3 is 2.63 bits per heavy atom. The van der Waals surface area contributed by atoms with Gasteiger partial charge in [0.25, 0.3) is 5.91 Å². The van der Waals surface area contributed by atoms with Gasteiger partial charge in [-0.15, -0.1) is 0 Å². The van der Waals surface area contributed by atoms with Crippen LogP contribution in [0, 0.1) is 0 Å². The molecule has 1 aromatic carbocycles. The minimum absolute atomic E-state index is 0.224. The summed E-state index contributed by atoms with van der Waals surface area (Å²) < 4.78 is 0. The Bertz CT molecular complexity index is 538. The highest BCUT2D eigenvalue weighted by molar-refractivity contribution is 5.94. The monoisotopic (exact) mass is 253 g/mol. The largest absolute Gasteiger partial charge is 0.271 e. The van der Waals surface area contributed by atoms with E-state index in [0.29, 0.717) is 5.56 Å². The summed E-state index contributed by atoms with van der Waals surface area (Å²) in [6.07, 6.45) is 6.57. The number of amides is 1. The summed E-state index contributed by atoms with van der Waals surface area (Å²) in [5.74, 6) is -0.224. The maximum absolute atomic E-state index is 11.6. The lowest BCUT2D eigenvalue weighted by molar-refractivity contribution is 0.0955. The van der Waals surface area contributed by atoms with Gasteiger partial charge < -0.3 is 0 Å². The first-order valence-corrected chi connectivity index (χ1v) is 6.12. The molecule has 0 aliphatic heterocycles. The van der Waals surface area contributed by atoms with Crippen molar-refractivity contribution >= 4 is 12.1 Å². The summed E-state index contributed by atoms with van der Waals surface area (Å²) in [4.78, 5) is 15.5. The second kappa shape index (κ2) is 7.06. The van der Waals surface area contributed by atoms with Gasteiger partial charge in [0.2, 0.25) is 0 Å². The number of benzene rings is 1. The Balaban J connectivity index is 1.74. The van der Waals surface area contributed by atoms with Gasteiger partial charge in [0.1, 0.15) is 0 Å². The van der Waals surface area contributed by atoms with Gasteiger partial charge in [0.15, 0.2) is 0 Å². The van der Waals surface area contributed by atoms with Crippen molar-refractivity contribution in [3.05, 3.63) is 66.0 Å². The van der Waals surface area contributed by atoms with Crippen LogP contribution in [0.15, 0.2) is 60.0 Å². The van der Waals surface area contributed by atoms with Gasteiger partial charge in [-0.3, -0.25) is 9.78 Å². The smallest absolute Gasteiger partial charge is 0.267 e. The van der Waals surface area contributed by atoms with E-state index in [4.69, 9.17) is 0 Å². The lowest BCUT2D eigenvalue weighted by Gasteiger charge is -1.99. The zero-order valence-electron chi connectivity index (χ0n) is 10.5. The zero-order chi connectivity index (χ0) is 13.3. The highest BCUT2D eigenvalue weighted by Gasteiger charge is 2.01. The summed E-state index contributed by atoms with van der Waals surface area (Å²) in [7, 11) is 0. The van der Waals surface area contributed by atoms with Gasteiger partial charge in [0, 0.05) is 24.2 Å². The lowest BCUT2D eigenvalue weighted by atomic mass is 10.1. The third-order valence-corrected chi connectivity index (χ3v) is 2.60. The molecule has 4 heteroatoms. The quantitative estimate of drug-likeness (QED) is 0.657. The predicted molar refractivity (Wildman–Crippen MR) is 75.0 cm³/mol. The molecule has 0 aliphatic rings. The Kier molecular flexibility index (Phi) is 4.81. The molecule has 4 nitrogen and oxygen atoms in total. The molecule has 19 heavy (non-hydrogen) atoms. The van der Waals surface area contributed by atoms with Gasteiger partial charge in [0.05, 0.1) is 0 Å². The van der Waals surface area contributed by atoms with Gasteiger partial charge in [-0.25, -0.2) is 5.43 Å². The lowest BCUT2D eigenvalue weighted by Crippen LogP contribution is -2.17. The molecule has 0 saturated heterocycles. The molecule has 1 heterocycles. The molecule has 0 atom stereocenters. The van der Waals surface area contributed by atoms with Gasteiger partial charge in [-0.2, -0.15) is 5.10 Å². The van der Waals surface area contributed by atoms with E-state index in [1.54, 1.807) is 30.7 Å². The Morgan fingerprint density at radius 2 is 1.89 bits per heavy atom. The van der Waals surface area contributed by atoms with E-state index in [9.17, 15) is 4.79 Å². The van der Waals surface area contributed by atoms with Crippen molar-refractivity contribution in [2.24, 2.45) is 5.10 Å². The fourth-order valence-electron chi connectivity index (χ4n) is 1.61. The SMILES string of the molecule is O=C(NN=CCCc1ccccc1)c1ccncc1. The number of hydrogen-bond donors (Lipinski definition) is 1. The number of nitrogens with zero attached hydrogens (tertiary/aromatic N) is 2. The number of carbonyl (C=O) groups is 1. The number of nitrogens with one attached hydrogen (secondary N) is 1. The number of aryl methyl sites for hydroxylation is 1. The van der Waals surface area contributed by atoms with Crippen LogP contribution in [-0.4, -0.2) is 17.1 Å². The Hall–Kier alpha value is -2.49. The number of rotatable bonds is 5. The summed E-state index contributed by atoms with van der Waals surface area (Å²) >= 11 is 0. The summed E-state index contributed by atoms with van der Waals surface area (Å²) in [5.41, 5.74) is 4.30. The van der Waals surface area contributed by atoms with Crippen LogP contribution in [0.2, 0.25) is 0 Å². The molecule has 1 aromatic heterocycles. The molecule has 0 fully saturated rings. The second-order valence-corrected chi connectivity index (χ2v) is 4.01. The first-order valence-electron chi connectivity index (χ1n) is 6.12. The van der Waals surface area contributed by atoms with Crippen LogP contribution in [0.3, 0.4) is 0 Å². The molecule has 0 bridgehead atoms. The summed E-state index contributed by atoms with van der Waals surface area (Å²) in [5, 5.41) is 3.92. The van der Waals surface area contributed by atoms with Crippen LogP contribution in [-0.2, 0) is 6.42 Å². The first-order chi connectivity index (χ1) is 9.36. The van der Waals surface area contributed by atoms with Crippen molar-refractivity contribution in [3.63, 3.8) is 0 Å². The molecule has 0 unspecified atom stereocenters. The van der Waals surface area contributed by atoms with Gasteiger partial charge in [-0.1, -0.05) is 30.3 Å². The number of hydrogen-bond acceptors (Lipinski definition) is 3. The maximum atomic E-state index is 11.6. The summed E-state index contributed by atoms with van der Waals surface area (Å²) in [6.45, 7) is 0. The van der Waals surface area contributed by atoms with Crippen LogP contribution >= 0.6 is 0 Å². The van der Waals surface area contributed by atoms with Crippen molar-refractivity contribution in [1.82, 2.24) is 10.4 Å². The predicted octanol–water partition coefficient (Wildman–Crippen LogP) is 2.43. The minimum atomic E-state index is -0.224. The Morgan fingerprint density at radius 1 is 1.16 bits per heavy atom. The zero-order valence-corrected chi connectivity index (χ0v) is 10.5. The van der Waals surface area contributed by atoms with E-state index < -0.39 is 0 Å². The molecular weight excluding hydrogens is 238 g/mol. The van der Waals surface area contributed by atoms with Gasteiger partial charge in [-0.05, 0) is 30.5 Å². The van der Waals surface area contributed by atoms with E-state index in [1.165, 1.54) is 5.56 Å².